The summed E-state index contributed by atoms with van der Waals surface area (Å²) in [4.78, 5) is 8.03. The molecule has 74 valence electrons. The molecule has 14 heavy (non-hydrogen) atoms. The summed E-state index contributed by atoms with van der Waals surface area (Å²) in [6.45, 7) is 5.58. The van der Waals surface area contributed by atoms with Gasteiger partial charge >= 0.3 is 0 Å². The van der Waals surface area contributed by atoms with E-state index in [1.807, 2.05) is 13.8 Å². The third-order valence-electron chi connectivity index (χ3n) is 1.63. The average Bonchev–Trinajstić information content (AvgIpc) is 2.15. The zero-order valence-corrected chi connectivity index (χ0v) is 8.56. The van der Waals surface area contributed by atoms with Crippen molar-refractivity contribution in [1.29, 1.82) is 5.26 Å². The van der Waals surface area contributed by atoms with Gasteiger partial charge in [0.05, 0.1) is 12.2 Å². The van der Waals surface area contributed by atoms with E-state index in [2.05, 4.69) is 16.0 Å². The summed E-state index contributed by atoms with van der Waals surface area (Å²) in [5.74, 6) is 0.690. The standard InChI is InChI=1S/C10H13N3O/c1-7(2)14-10(4-11)9-5-12-8(3)13-6-9/h5-7,10H,1-3H3/t10-/m0/s1. The molecule has 0 saturated heterocycles. The monoisotopic (exact) mass is 191 g/mol. The van der Waals surface area contributed by atoms with E-state index in [0.717, 1.165) is 0 Å². The number of hydrogen-bond acceptors (Lipinski definition) is 4. The Balaban J connectivity index is 2.80. The van der Waals surface area contributed by atoms with E-state index in [4.69, 9.17) is 10.00 Å². The smallest absolute Gasteiger partial charge is 0.172 e. The second-order valence-electron chi connectivity index (χ2n) is 3.26. The highest BCUT2D eigenvalue weighted by atomic mass is 16.5. The molecule has 1 rings (SSSR count). The topological polar surface area (TPSA) is 58.8 Å². The molecule has 0 saturated carbocycles. The van der Waals surface area contributed by atoms with Crippen LogP contribution in [0.4, 0.5) is 0 Å². The summed E-state index contributed by atoms with van der Waals surface area (Å²) in [6.07, 6.45) is 2.69. The lowest BCUT2D eigenvalue weighted by Gasteiger charge is -2.13. The average molecular weight is 191 g/mol. The molecule has 0 aliphatic carbocycles. The highest BCUT2D eigenvalue weighted by Gasteiger charge is 2.13. The molecule has 0 aromatic carbocycles. The van der Waals surface area contributed by atoms with Crippen molar-refractivity contribution in [3.8, 4) is 6.07 Å². The van der Waals surface area contributed by atoms with Gasteiger partial charge in [0.25, 0.3) is 0 Å². The summed E-state index contributed by atoms with van der Waals surface area (Å²) in [5.41, 5.74) is 0.701. The fourth-order valence-electron chi connectivity index (χ4n) is 0.994. The Morgan fingerprint density at radius 2 is 1.93 bits per heavy atom. The molecule has 0 fully saturated rings. The van der Waals surface area contributed by atoms with Gasteiger partial charge in [-0.15, -0.1) is 0 Å². The molecule has 1 atom stereocenters. The van der Waals surface area contributed by atoms with Gasteiger partial charge in [0.1, 0.15) is 5.82 Å². The number of aryl methyl sites for hydroxylation is 1. The summed E-state index contributed by atoms with van der Waals surface area (Å²) in [6, 6.07) is 2.07. The number of rotatable bonds is 3. The first-order chi connectivity index (χ1) is 6.63. The molecule has 1 heterocycles. The Labute approximate surface area is 83.6 Å². The normalized spacial score (nSPS) is 12.5. The molecule has 0 amide bonds. The van der Waals surface area contributed by atoms with Crippen LogP contribution in [0.2, 0.25) is 0 Å². The van der Waals surface area contributed by atoms with Gasteiger partial charge in [-0.2, -0.15) is 5.26 Å². The second kappa shape index (κ2) is 4.68. The summed E-state index contributed by atoms with van der Waals surface area (Å²) in [7, 11) is 0. The molecule has 4 nitrogen and oxygen atoms in total. The van der Waals surface area contributed by atoms with Crippen LogP contribution in [0.5, 0.6) is 0 Å². The lowest BCUT2D eigenvalue weighted by atomic mass is 10.2. The maximum absolute atomic E-state index is 8.87. The fourth-order valence-corrected chi connectivity index (χ4v) is 0.994. The zero-order chi connectivity index (χ0) is 10.6. The van der Waals surface area contributed by atoms with E-state index in [-0.39, 0.29) is 6.10 Å². The number of nitriles is 1. The molecule has 4 heteroatoms. The van der Waals surface area contributed by atoms with Crippen molar-refractivity contribution < 1.29 is 4.74 Å². The van der Waals surface area contributed by atoms with Crippen molar-refractivity contribution in [3.63, 3.8) is 0 Å². The quantitative estimate of drug-likeness (QED) is 0.730. The Hall–Kier alpha value is -1.47. The molecule has 0 N–H and O–H groups in total. The predicted octanol–water partition coefficient (Wildman–Crippen LogP) is 1.77. The molecule has 0 unspecified atom stereocenters. The van der Waals surface area contributed by atoms with Crippen molar-refractivity contribution in [1.82, 2.24) is 9.97 Å². The minimum atomic E-state index is -0.574. The summed E-state index contributed by atoms with van der Waals surface area (Å²) >= 11 is 0. The lowest BCUT2D eigenvalue weighted by molar-refractivity contribution is 0.0388. The molecule has 0 radical (unpaired) electrons. The summed E-state index contributed by atoms with van der Waals surface area (Å²) in [5, 5.41) is 8.87. The molecule has 0 aliphatic rings. The van der Waals surface area contributed by atoms with Crippen molar-refractivity contribution in [2.75, 3.05) is 0 Å². The van der Waals surface area contributed by atoms with E-state index in [1.165, 1.54) is 0 Å². The number of nitrogens with zero attached hydrogens (tertiary/aromatic N) is 3. The molecule has 0 spiro atoms. The Morgan fingerprint density at radius 1 is 1.36 bits per heavy atom. The SMILES string of the molecule is Cc1ncc([C@H](C#N)OC(C)C)cn1. The highest BCUT2D eigenvalue weighted by molar-refractivity contribution is 5.15. The fraction of sp³-hybridized carbons (Fsp3) is 0.500. The van der Waals surface area contributed by atoms with Crippen molar-refractivity contribution in [2.24, 2.45) is 0 Å². The van der Waals surface area contributed by atoms with Crippen molar-refractivity contribution >= 4 is 0 Å². The van der Waals surface area contributed by atoms with Crippen LogP contribution in [-0.4, -0.2) is 16.1 Å². The maximum Gasteiger partial charge on any atom is 0.172 e. The van der Waals surface area contributed by atoms with E-state index < -0.39 is 6.10 Å². The van der Waals surface area contributed by atoms with Crippen LogP contribution < -0.4 is 0 Å². The van der Waals surface area contributed by atoms with Crippen molar-refractivity contribution in [3.05, 3.63) is 23.8 Å². The minimum Gasteiger partial charge on any atom is -0.356 e. The van der Waals surface area contributed by atoms with Crippen LogP contribution in [-0.2, 0) is 4.74 Å². The van der Waals surface area contributed by atoms with Gasteiger partial charge in [0.2, 0.25) is 0 Å². The third-order valence-corrected chi connectivity index (χ3v) is 1.63. The Kier molecular flexibility index (Phi) is 3.55. The highest BCUT2D eigenvalue weighted by Crippen LogP contribution is 2.16. The molecule has 1 aromatic heterocycles. The van der Waals surface area contributed by atoms with Crippen LogP contribution in [0.1, 0.15) is 31.3 Å². The van der Waals surface area contributed by atoms with Gasteiger partial charge in [0.15, 0.2) is 6.10 Å². The number of aromatic nitrogens is 2. The van der Waals surface area contributed by atoms with Gasteiger partial charge in [0, 0.05) is 18.0 Å². The van der Waals surface area contributed by atoms with Crippen molar-refractivity contribution in [2.45, 2.75) is 33.0 Å². The molecule has 1 aromatic rings. The van der Waals surface area contributed by atoms with E-state index in [1.54, 1.807) is 19.3 Å². The van der Waals surface area contributed by atoms with Crippen LogP contribution in [0.25, 0.3) is 0 Å². The Morgan fingerprint density at radius 3 is 2.36 bits per heavy atom. The van der Waals surface area contributed by atoms with Crippen LogP contribution in [0.3, 0.4) is 0 Å². The number of hydrogen-bond donors (Lipinski definition) is 0. The predicted molar refractivity (Wildman–Crippen MR) is 51.3 cm³/mol. The second-order valence-corrected chi connectivity index (χ2v) is 3.26. The third kappa shape index (κ3) is 2.79. The van der Waals surface area contributed by atoms with Gasteiger partial charge in [-0.3, -0.25) is 0 Å². The molecular weight excluding hydrogens is 178 g/mol. The van der Waals surface area contributed by atoms with Gasteiger partial charge < -0.3 is 4.74 Å². The first kappa shape index (κ1) is 10.6. The largest absolute Gasteiger partial charge is 0.356 e. The summed E-state index contributed by atoms with van der Waals surface area (Å²) < 4.78 is 5.38. The van der Waals surface area contributed by atoms with Gasteiger partial charge in [-0.25, -0.2) is 9.97 Å². The van der Waals surface area contributed by atoms with Crippen LogP contribution >= 0.6 is 0 Å². The maximum atomic E-state index is 8.87. The Bertz CT molecular complexity index is 326. The van der Waals surface area contributed by atoms with Crippen LogP contribution in [0.15, 0.2) is 12.4 Å². The van der Waals surface area contributed by atoms with E-state index >= 15 is 0 Å². The lowest BCUT2D eigenvalue weighted by Crippen LogP contribution is -2.09. The minimum absolute atomic E-state index is 0.0148. The van der Waals surface area contributed by atoms with E-state index in [0.29, 0.717) is 11.4 Å². The number of ether oxygens (including phenoxy) is 1. The first-order valence-corrected chi connectivity index (χ1v) is 4.47. The molecular formula is C10H13N3O. The van der Waals surface area contributed by atoms with E-state index in [9.17, 15) is 0 Å². The van der Waals surface area contributed by atoms with Crippen LogP contribution in [0, 0.1) is 18.3 Å². The molecule has 0 aliphatic heterocycles. The first-order valence-electron chi connectivity index (χ1n) is 4.47. The zero-order valence-electron chi connectivity index (χ0n) is 8.56. The van der Waals surface area contributed by atoms with Gasteiger partial charge in [-0.05, 0) is 20.8 Å². The molecule has 0 bridgehead atoms. The van der Waals surface area contributed by atoms with Gasteiger partial charge in [-0.1, -0.05) is 0 Å².